The van der Waals surface area contributed by atoms with Crippen molar-refractivity contribution in [3.63, 3.8) is 0 Å². The first-order valence-corrected chi connectivity index (χ1v) is 16.1. The second kappa shape index (κ2) is 13.9. The number of rotatable bonds is 9. The maximum absolute atomic E-state index is 13.6. The van der Waals surface area contributed by atoms with Crippen molar-refractivity contribution in [2.24, 2.45) is 10.7 Å². The SMILES string of the molecule is CC(C)(C)c1cc(C=CC(=O)C2CNCCN2c2ccc(-c3csc(C(N)=NC(=CC(=O)O)C(=O)O)c3)cc2)cc(C(C)(C)C)c1O. The van der Waals surface area contributed by atoms with Crippen LogP contribution in [0.5, 0.6) is 5.75 Å². The van der Waals surface area contributed by atoms with Crippen molar-refractivity contribution in [2.45, 2.75) is 58.4 Å². The molecule has 1 aliphatic rings. The number of nitrogens with two attached hydrogens (primary N) is 1. The minimum absolute atomic E-state index is 0.0288. The summed E-state index contributed by atoms with van der Waals surface area (Å²) < 4.78 is 0. The van der Waals surface area contributed by atoms with E-state index in [4.69, 9.17) is 10.8 Å². The number of piperazine rings is 1. The summed E-state index contributed by atoms with van der Waals surface area (Å²) >= 11 is 1.26. The number of hydrogen-bond acceptors (Lipinski definition) is 8. The van der Waals surface area contributed by atoms with Crippen LogP contribution in [0.4, 0.5) is 5.69 Å². The summed E-state index contributed by atoms with van der Waals surface area (Å²) in [7, 11) is 0. The predicted molar refractivity (Wildman–Crippen MR) is 187 cm³/mol. The van der Waals surface area contributed by atoms with Crippen molar-refractivity contribution in [1.82, 2.24) is 5.32 Å². The lowest BCUT2D eigenvalue weighted by molar-refractivity contribution is -0.135. The summed E-state index contributed by atoms with van der Waals surface area (Å²) in [6, 6.07) is 13.1. The third-order valence-electron chi connectivity index (χ3n) is 7.86. The van der Waals surface area contributed by atoms with Gasteiger partial charge in [-0.15, -0.1) is 11.3 Å². The standard InChI is InChI=1S/C36H42N4O6S/c1-35(2,3)25-15-21(16-26(32(25)44)36(4,5)6)7-12-29(41)28-19-38-13-14-40(28)24-10-8-22(9-11-24)23-17-30(47-20-23)33(37)39-27(34(45)46)18-31(42)43/h7-12,15-18,20,28,38,44H,13-14,19H2,1-6H3,(H2,37,39)(H,42,43)(H,45,46). The van der Waals surface area contributed by atoms with Crippen LogP contribution in [-0.2, 0) is 25.2 Å². The third kappa shape index (κ3) is 8.55. The van der Waals surface area contributed by atoms with Crippen LogP contribution in [0.15, 0.2) is 70.7 Å². The van der Waals surface area contributed by atoms with E-state index in [0.717, 1.165) is 40.0 Å². The van der Waals surface area contributed by atoms with Crippen LogP contribution in [-0.4, -0.2) is 64.6 Å². The number of amidine groups is 1. The van der Waals surface area contributed by atoms with Crippen molar-refractivity contribution in [1.29, 1.82) is 0 Å². The fraction of sp³-hybridized carbons (Fsp3) is 0.333. The van der Waals surface area contributed by atoms with E-state index < -0.39 is 23.7 Å². The normalized spacial score (nSPS) is 16.5. The molecule has 0 bridgehead atoms. The summed E-state index contributed by atoms with van der Waals surface area (Å²) in [6.07, 6.45) is 3.96. The Labute approximate surface area is 279 Å². The van der Waals surface area contributed by atoms with Gasteiger partial charge in [-0.3, -0.25) is 4.79 Å². The van der Waals surface area contributed by atoms with Gasteiger partial charge in [0.2, 0.25) is 0 Å². The summed E-state index contributed by atoms with van der Waals surface area (Å²) in [6.45, 7) is 14.2. The van der Waals surface area contributed by atoms with Gasteiger partial charge in [-0.05, 0) is 69.3 Å². The molecule has 10 nitrogen and oxygen atoms in total. The lowest BCUT2D eigenvalue weighted by atomic mass is 9.78. The van der Waals surface area contributed by atoms with Crippen LogP contribution < -0.4 is 16.0 Å². The molecule has 2 heterocycles. The maximum atomic E-state index is 13.6. The molecule has 0 saturated carbocycles. The highest BCUT2D eigenvalue weighted by Gasteiger charge is 2.29. The van der Waals surface area contributed by atoms with E-state index in [9.17, 15) is 24.6 Å². The Balaban J connectivity index is 1.55. The molecule has 47 heavy (non-hydrogen) atoms. The molecule has 1 aliphatic heterocycles. The number of aliphatic imine (C=N–C) groups is 1. The highest BCUT2D eigenvalue weighted by atomic mass is 32.1. The van der Waals surface area contributed by atoms with E-state index >= 15 is 0 Å². The van der Waals surface area contributed by atoms with Gasteiger partial charge in [-0.2, -0.15) is 0 Å². The second-order valence-corrected chi connectivity index (χ2v) is 14.4. The zero-order valence-corrected chi connectivity index (χ0v) is 28.3. The Morgan fingerprint density at radius 1 is 0.979 bits per heavy atom. The van der Waals surface area contributed by atoms with Gasteiger partial charge >= 0.3 is 11.9 Å². The molecule has 0 radical (unpaired) electrons. The number of carbonyl (C=O) groups excluding carboxylic acids is 1. The third-order valence-corrected chi connectivity index (χ3v) is 8.82. The van der Waals surface area contributed by atoms with Crippen molar-refractivity contribution >= 4 is 46.7 Å². The van der Waals surface area contributed by atoms with Gasteiger partial charge in [0.25, 0.3) is 0 Å². The van der Waals surface area contributed by atoms with Gasteiger partial charge in [0, 0.05) is 36.4 Å². The molecule has 0 aliphatic carbocycles. The minimum Gasteiger partial charge on any atom is -0.507 e. The van der Waals surface area contributed by atoms with Gasteiger partial charge in [-0.1, -0.05) is 59.8 Å². The van der Waals surface area contributed by atoms with E-state index in [2.05, 4.69) is 56.8 Å². The predicted octanol–water partition coefficient (Wildman–Crippen LogP) is 5.53. The first-order chi connectivity index (χ1) is 22.0. The molecule has 1 unspecified atom stereocenters. The lowest BCUT2D eigenvalue weighted by Gasteiger charge is -2.36. The number of nitrogens with one attached hydrogen (secondary N) is 1. The van der Waals surface area contributed by atoms with Crippen molar-refractivity contribution < 1.29 is 29.7 Å². The number of ketones is 1. The molecule has 0 spiro atoms. The Kier molecular flexibility index (Phi) is 10.4. The number of carboxylic acids is 2. The molecule has 6 N–H and O–H groups in total. The van der Waals surface area contributed by atoms with Crippen LogP contribution in [0.25, 0.3) is 17.2 Å². The molecule has 1 saturated heterocycles. The zero-order valence-electron chi connectivity index (χ0n) is 27.5. The second-order valence-electron chi connectivity index (χ2n) is 13.5. The van der Waals surface area contributed by atoms with Crippen LogP contribution in [0.2, 0.25) is 0 Å². The number of aromatic hydroxyl groups is 1. The van der Waals surface area contributed by atoms with Crippen LogP contribution in [0.3, 0.4) is 0 Å². The van der Waals surface area contributed by atoms with Crippen LogP contribution >= 0.6 is 11.3 Å². The smallest absolute Gasteiger partial charge is 0.354 e. The number of aliphatic carboxylic acids is 2. The number of hydrogen-bond donors (Lipinski definition) is 5. The van der Waals surface area contributed by atoms with E-state index in [0.29, 0.717) is 29.8 Å². The Morgan fingerprint density at radius 2 is 1.60 bits per heavy atom. The number of phenols is 1. The van der Waals surface area contributed by atoms with Crippen LogP contribution in [0, 0.1) is 0 Å². The molecular weight excluding hydrogens is 616 g/mol. The number of thiophene rings is 1. The number of carbonyl (C=O) groups is 3. The zero-order chi connectivity index (χ0) is 34.7. The number of benzene rings is 2. The Morgan fingerprint density at radius 3 is 2.15 bits per heavy atom. The van der Waals surface area contributed by atoms with Crippen molar-refractivity contribution in [3.05, 3.63) is 87.3 Å². The fourth-order valence-electron chi connectivity index (χ4n) is 5.36. The summed E-state index contributed by atoms with van der Waals surface area (Å²) in [4.78, 5) is 42.2. The molecule has 1 fully saturated rings. The van der Waals surface area contributed by atoms with Gasteiger partial charge in [0.15, 0.2) is 11.5 Å². The van der Waals surface area contributed by atoms with E-state index in [1.54, 1.807) is 12.1 Å². The highest BCUT2D eigenvalue weighted by molar-refractivity contribution is 7.12. The molecule has 248 valence electrons. The maximum Gasteiger partial charge on any atom is 0.354 e. The number of phenolic OH excluding ortho intramolecular Hbond substituents is 1. The molecule has 11 heteroatoms. The fourth-order valence-corrected chi connectivity index (χ4v) is 6.18. The van der Waals surface area contributed by atoms with Gasteiger partial charge in [0.05, 0.1) is 11.0 Å². The molecule has 1 aromatic heterocycles. The average molecular weight is 659 g/mol. The van der Waals surface area contributed by atoms with Gasteiger partial charge in [0.1, 0.15) is 17.6 Å². The summed E-state index contributed by atoms with van der Waals surface area (Å²) in [5.74, 6) is -2.75. The highest BCUT2D eigenvalue weighted by Crippen LogP contribution is 2.40. The van der Waals surface area contributed by atoms with Gasteiger partial charge in [-0.25, -0.2) is 14.6 Å². The monoisotopic (exact) mass is 658 g/mol. The Bertz CT molecular complexity index is 1720. The number of nitrogens with zero attached hydrogens (tertiary/aromatic N) is 2. The molecule has 3 aromatic rings. The lowest BCUT2D eigenvalue weighted by Crippen LogP contribution is -2.54. The average Bonchev–Trinajstić information content (AvgIpc) is 3.49. The molecule has 0 amide bonds. The Hall–Kier alpha value is -4.74. The molecule has 1 atom stereocenters. The van der Waals surface area contributed by atoms with Gasteiger partial charge < -0.3 is 31.3 Å². The summed E-state index contributed by atoms with van der Waals surface area (Å²) in [5.41, 5.74) is 9.93. The quantitative estimate of drug-likeness (QED) is 0.113. The molecule has 2 aromatic carbocycles. The molecular formula is C36H42N4O6S. The van der Waals surface area contributed by atoms with Crippen molar-refractivity contribution in [2.75, 3.05) is 24.5 Å². The van der Waals surface area contributed by atoms with Crippen molar-refractivity contribution in [3.8, 4) is 16.9 Å². The number of anilines is 1. The number of carboxylic acid groups (broad SMARTS) is 2. The first kappa shape index (κ1) is 35.1. The van der Waals surface area contributed by atoms with E-state index in [1.165, 1.54) is 11.3 Å². The van der Waals surface area contributed by atoms with E-state index in [1.807, 2.05) is 47.9 Å². The van der Waals surface area contributed by atoms with Crippen LogP contribution in [0.1, 0.15) is 63.1 Å². The van der Waals surface area contributed by atoms with E-state index in [-0.39, 0.29) is 22.4 Å². The minimum atomic E-state index is -1.49. The first-order valence-electron chi connectivity index (χ1n) is 15.2. The molecule has 4 rings (SSSR count). The largest absolute Gasteiger partial charge is 0.507 e. The topological polar surface area (TPSA) is 166 Å². The summed E-state index contributed by atoms with van der Waals surface area (Å²) in [5, 5.41) is 34.4.